The SMILES string of the molecule is CCOc1cc(C(Nc2ccc3cnccc3c2)(OC(=O)C(F)(F)F)C(=O)NCc2ccccc2N2CCCCC2)ccc1OC(C)C. The number of aromatic nitrogens is 1. The lowest BCUT2D eigenvalue weighted by Gasteiger charge is -2.35. The summed E-state index contributed by atoms with van der Waals surface area (Å²) < 4.78 is 58.7. The van der Waals surface area contributed by atoms with E-state index in [0.717, 1.165) is 49.0 Å². The minimum absolute atomic E-state index is 0.0469. The van der Waals surface area contributed by atoms with Crippen molar-refractivity contribution in [1.29, 1.82) is 0 Å². The summed E-state index contributed by atoms with van der Waals surface area (Å²) in [5.74, 6) is -3.11. The molecular formula is C36H39F3N4O5. The Morgan fingerprint density at radius 2 is 1.71 bits per heavy atom. The molecule has 0 saturated carbocycles. The number of pyridine rings is 1. The van der Waals surface area contributed by atoms with Crippen molar-refractivity contribution in [2.24, 2.45) is 0 Å². The van der Waals surface area contributed by atoms with Crippen LogP contribution in [0.1, 0.15) is 51.2 Å². The van der Waals surface area contributed by atoms with Crippen LogP contribution in [-0.2, 0) is 26.6 Å². The molecule has 0 bridgehead atoms. The molecule has 1 atom stereocenters. The molecule has 5 rings (SSSR count). The van der Waals surface area contributed by atoms with Gasteiger partial charge >= 0.3 is 12.1 Å². The highest BCUT2D eigenvalue weighted by molar-refractivity contribution is 5.94. The maximum Gasteiger partial charge on any atom is 0.491 e. The van der Waals surface area contributed by atoms with Crippen molar-refractivity contribution in [3.8, 4) is 11.5 Å². The number of hydrogen-bond donors (Lipinski definition) is 2. The molecule has 2 heterocycles. The lowest BCUT2D eigenvalue weighted by molar-refractivity contribution is -0.213. The van der Waals surface area contributed by atoms with Gasteiger partial charge in [0.1, 0.15) is 0 Å². The molecule has 1 aliphatic rings. The first kappa shape index (κ1) is 34.3. The van der Waals surface area contributed by atoms with E-state index in [1.54, 1.807) is 43.6 Å². The number of amides is 1. The monoisotopic (exact) mass is 664 g/mol. The predicted molar refractivity (Wildman–Crippen MR) is 177 cm³/mol. The van der Waals surface area contributed by atoms with Gasteiger partial charge in [-0.1, -0.05) is 24.3 Å². The van der Waals surface area contributed by atoms with Crippen molar-refractivity contribution < 1.29 is 37.0 Å². The number of esters is 1. The summed E-state index contributed by atoms with van der Waals surface area (Å²) in [4.78, 5) is 33.5. The van der Waals surface area contributed by atoms with Crippen LogP contribution in [0.2, 0.25) is 0 Å². The first-order chi connectivity index (χ1) is 23.0. The summed E-state index contributed by atoms with van der Waals surface area (Å²) in [6, 6.07) is 18.3. The fraction of sp³-hybridized carbons (Fsp3) is 0.361. The standard InChI is InChI=1S/C36H39F3N4O5/c1-4-46-32-21-28(13-15-31(32)47-24(2)3)35(48-34(45)36(37,38)39,42-29-14-12-26-22-40-17-16-25(26)20-29)33(44)41-23-27-10-6-7-11-30(27)43-18-8-5-9-19-43/h6-7,10-17,20-22,24,42H,4-5,8-9,18-19,23H2,1-3H3,(H,41,44). The lowest BCUT2D eigenvalue weighted by atomic mass is 9.98. The summed E-state index contributed by atoms with van der Waals surface area (Å²) in [6.45, 7) is 7.20. The molecule has 0 aliphatic carbocycles. The van der Waals surface area contributed by atoms with Crippen molar-refractivity contribution in [3.05, 3.63) is 90.3 Å². The third-order valence-electron chi connectivity index (χ3n) is 7.90. The smallest absolute Gasteiger partial charge is 0.490 e. The van der Waals surface area contributed by atoms with Gasteiger partial charge in [-0.3, -0.25) is 9.78 Å². The number of carbonyl (C=O) groups is 2. The molecule has 0 radical (unpaired) electrons. The fourth-order valence-electron chi connectivity index (χ4n) is 5.70. The fourth-order valence-corrected chi connectivity index (χ4v) is 5.70. The number of piperidine rings is 1. The van der Waals surface area contributed by atoms with Crippen molar-refractivity contribution in [2.45, 2.75) is 64.6 Å². The molecule has 12 heteroatoms. The van der Waals surface area contributed by atoms with Crippen molar-refractivity contribution in [3.63, 3.8) is 0 Å². The molecule has 1 amide bonds. The van der Waals surface area contributed by atoms with E-state index in [1.165, 1.54) is 18.2 Å². The van der Waals surface area contributed by atoms with Gasteiger partial charge in [0.15, 0.2) is 11.5 Å². The number of fused-ring (bicyclic) bond motifs is 1. The number of anilines is 2. The zero-order chi connectivity index (χ0) is 34.3. The second-order valence-corrected chi connectivity index (χ2v) is 11.8. The van der Waals surface area contributed by atoms with Gasteiger partial charge in [-0.25, -0.2) is 4.79 Å². The Morgan fingerprint density at radius 1 is 0.938 bits per heavy atom. The number of nitrogens with zero attached hydrogens (tertiary/aromatic N) is 2. The Morgan fingerprint density at radius 3 is 2.44 bits per heavy atom. The van der Waals surface area contributed by atoms with E-state index in [4.69, 9.17) is 14.2 Å². The van der Waals surface area contributed by atoms with Crippen molar-refractivity contribution in [1.82, 2.24) is 10.3 Å². The van der Waals surface area contributed by atoms with Crippen LogP contribution in [0.25, 0.3) is 10.8 Å². The number of benzene rings is 3. The molecule has 1 unspecified atom stereocenters. The number of hydrogen-bond acceptors (Lipinski definition) is 8. The van der Waals surface area contributed by atoms with Gasteiger partial charge in [-0.2, -0.15) is 13.2 Å². The molecule has 0 spiro atoms. The Bertz CT molecular complexity index is 1740. The molecule has 254 valence electrons. The summed E-state index contributed by atoms with van der Waals surface area (Å²) in [6.07, 6.45) is 0.721. The van der Waals surface area contributed by atoms with E-state index in [1.807, 2.05) is 38.1 Å². The number of halogens is 3. The van der Waals surface area contributed by atoms with Crippen LogP contribution < -0.4 is 25.0 Å². The van der Waals surface area contributed by atoms with Crippen LogP contribution >= 0.6 is 0 Å². The van der Waals surface area contributed by atoms with Crippen LogP contribution in [0.4, 0.5) is 24.5 Å². The van der Waals surface area contributed by atoms with Crippen LogP contribution in [-0.4, -0.2) is 48.8 Å². The number of para-hydroxylation sites is 1. The van der Waals surface area contributed by atoms with E-state index in [-0.39, 0.29) is 36.3 Å². The largest absolute Gasteiger partial charge is 0.491 e. The van der Waals surface area contributed by atoms with Crippen LogP contribution in [0.15, 0.2) is 79.1 Å². The van der Waals surface area contributed by atoms with E-state index in [0.29, 0.717) is 11.1 Å². The highest BCUT2D eigenvalue weighted by atomic mass is 19.4. The number of carbonyl (C=O) groups excluding carboxylic acids is 2. The maximum atomic E-state index is 14.5. The molecule has 2 N–H and O–H groups in total. The first-order valence-electron chi connectivity index (χ1n) is 16.0. The second-order valence-electron chi connectivity index (χ2n) is 11.8. The normalized spacial score (nSPS) is 14.7. The topological polar surface area (TPSA) is 102 Å². The summed E-state index contributed by atoms with van der Waals surface area (Å²) >= 11 is 0. The number of alkyl halides is 3. The molecule has 1 aliphatic heterocycles. The number of ether oxygens (including phenoxy) is 3. The van der Waals surface area contributed by atoms with Gasteiger partial charge in [0, 0.05) is 54.4 Å². The van der Waals surface area contributed by atoms with E-state index in [9.17, 15) is 22.8 Å². The third kappa shape index (κ3) is 7.92. The van der Waals surface area contributed by atoms with Gasteiger partial charge in [-0.05, 0) is 93.4 Å². The summed E-state index contributed by atoms with van der Waals surface area (Å²) in [5.41, 5.74) is -0.919. The van der Waals surface area contributed by atoms with E-state index < -0.39 is 23.8 Å². The average molecular weight is 665 g/mol. The van der Waals surface area contributed by atoms with Gasteiger partial charge in [-0.15, -0.1) is 0 Å². The Kier molecular flexibility index (Phi) is 10.6. The molecule has 4 aromatic rings. The zero-order valence-corrected chi connectivity index (χ0v) is 27.1. The Hall–Kier alpha value is -5.00. The highest BCUT2D eigenvalue weighted by Crippen LogP contribution is 2.38. The Balaban J connectivity index is 1.62. The van der Waals surface area contributed by atoms with Crippen LogP contribution in [0, 0.1) is 0 Å². The molecule has 48 heavy (non-hydrogen) atoms. The molecule has 3 aromatic carbocycles. The third-order valence-corrected chi connectivity index (χ3v) is 7.90. The van der Waals surface area contributed by atoms with Crippen molar-refractivity contribution in [2.75, 3.05) is 29.9 Å². The summed E-state index contributed by atoms with van der Waals surface area (Å²) in [7, 11) is 0. The number of rotatable bonds is 12. The maximum absolute atomic E-state index is 14.5. The predicted octanol–water partition coefficient (Wildman–Crippen LogP) is 7.10. The Labute approximate surface area is 277 Å². The zero-order valence-electron chi connectivity index (χ0n) is 27.1. The van der Waals surface area contributed by atoms with Gasteiger partial charge in [0.25, 0.3) is 11.6 Å². The molecule has 1 fully saturated rings. The molecule has 9 nitrogen and oxygen atoms in total. The van der Waals surface area contributed by atoms with Crippen LogP contribution in [0.5, 0.6) is 11.5 Å². The highest BCUT2D eigenvalue weighted by Gasteiger charge is 2.52. The van der Waals surface area contributed by atoms with E-state index >= 15 is 0 Å². The van der Waals surface area contributed by atoms with E-state index in [2.05, 4.69) is 20.5 Å². The van der Waals surface area contributed by atoms with Crippen LogP contribution in [0.3, 0.4) is 0 Å². The van der Waals surface area contributed by atoms with Gasteiger partial charge < -0.3 is 29.7 Å². The average Bonchev–Trinajstić information content (AvgIpc) is 3.07. The molecule has 1 aromatic heterocycles. The number of nitrogens with one attached hydrogen (secondary N) is 2. The van der Waals surface area contributed by atoms with Gasteiger partial charge in [0.2, 0.25) is 0 Å². The minimum atomic E-state index is -5.41. The first-order valence-corrected chi connectivity index (χ1v) is 16.0. The minimum Gasteiger partial charge on any atom is -0.490 e. The summed E-state index contributed by atoms with van der Waals surface area (Å²) in [5, 5.41) is 7.09. The second kappa shape index (κ2) is 14.8. The molecular weight excluding hydrogens is 625 g/mol. The molecule has 1 saturated heterocycles. The quantitative estimate of drug-likeness (QED) is 0.122. The van der Waals surface area contributed by atoms with Gasteiger partial charge in [0.05, 0.1) is 12.7 Å². The van der Waals surface area contributed by atoms with Crippen molar-refractivity contribution >= 4 is 34.0 Å². The lowest BCUT2D eigenvalue weighted by Crippen LogP contribution is -2.54.